The van der Waals surface area contributed by atoms with E-state index >= 15 is 0 Å². The standard InChI is InChI=1S/C27H32N2O5/c1-29(18-10-4-2-3-5-11-18)26(32)24(16-25(30)31)28-27(33)34-17-23-21-14-8-6-12-19(21)20-13-7-9-15-22(20)23/h6-9,12-15,18,23-24H,2-5,10-11,16-17H2,1H3,(H,28,33)(H,30,31). The number of alkyl carbamates (subject to hydrolysis) is 1. The van der Waals surface area contributed by atoms with Gasteiger partial charge in [-0.05, 0) is 35.1 Å². The minimum Gasteiger partial charge on any atom is -0.481 e. The molecule has 0 spiro atoms. The topological polar surface area (TPSA) is 95.9 Å². The maximum Gasteiger partial charge on any atom is 0.407 e. The molecule has 0 heterocycles. The number of nitrogens with one attached hydrogen (secondary N) is 1. The zero-order chi connectivity index (χ0) is 24.1. The van der Waals surface area contributed by atoms with Gasteiger partial charge in [0.05, 0.1) is 6.42 Å². The van der Waals surface area contributed by atoms with E-state index in [2.05, 4.69) is 17.4 Å². The number of likely N-dealkylation sites (N-methyl/N-ethyl adjacent to an activating group) is 1. The SMILES string of the molecule is CN(C(=O)C(CC(=O)O)NC(=O)OCC1c2ccccc2-c2ccccc21)C1CCCCCC1. The second-order valence-corrected chi connectivity index (χ2v) is 9.21. The predicted molar refractivity (Wildman–Crippen MR) is 129 cm³/mol. The number of fused-ring (bicyclic) bond motifs is 3. The van der Waals surface area contributed by atoms with Gasteiger partial charge in [-0.2, -0.15) is 0 Å². The molecular formula is C27H32N2O5. The number of nitrogens with zero attached hydrogens (tertiary/aromatic N) is 1. The van der Waals surface area contributed by atoms with Gasteiger partial charge in [0.1, 0.15) is 12.6 Å². The van der Waals surface area contributed by atoms with E-state index in [0.29, 0.717) is 0 Å². The Kier molecular flexibility index (Phi) is 7.50. The normalized spacial score (nSPS) is 16.6. The highest BCUT2D eigenvalue weighted by Gasteiger charge is 2.32. The third kappa shape index (κ3) is 5.24. The first-order valence-electron chi connectivity index (χ1n) is 12.1. The molecule has 2 amide bonds. The van der Waals surface area contributed by atoms with Crippen LogP contribution in [0, 0.1) is 0 Å². The van der Waals surface area contributed by atoms with Crippen LogP contribution in [0.4, 0.5) is 4.79 Å². The van der Waals surface area contributed by atoms with Crippen molar-refractivity contribution in [3.8, 4) is 11.1 Å². The first-order chi connectivity index (χ1) is 16.5. The molecule has 0 aliphatic heterocycles. The summed E-state index contributed by atoms with van der Waals surface area (Å²) >= 11 is 0. The number of hydrogen-bond donors (Lipinski definition) is 2. The van der Waals surface area contributed by atoms with Crippen LogP contribution in [0.15, 0.2) is 48.5 Å². The van der Waals surface area contributed by atoms with Crippen molar-refractivity contribution in [2.24, 2.45) is 0 Å². The van der Waals surface area contributed by atoms with Crippen LogP contribution < -0.4 is 5.32 Å². The van der Waals surface area contributed by atoms with Crippen molar-refractivity contribution in [2.75, 3.05) is 13.7 Å². The number of rotatable bonds is 7. The lowest BCUT2D eigenvalue weighted by molar-refractivity contribution is -0.143. The van der Waals surface area contributed by atoms with Crippen LogP contribution >= 0.6 is 0 Å². The number of hydrogen-bond acceptors (Lipinski definition) is 4. The fraction of sp³-hybridized carbons (Fsp3) is 0.444. The number of aliphatic carboxylic acids is 1. The summed E-state index contributed by atoms with van der Waals surface area (Å²) in [5.74, 6) is -1.64. The summed E-state index contributed by atoms with van der Waals surface area (Å²) in [4.78, 5) is 38.8. The Balaban J connectivity index is 1.41. The lowest BCUT2D eigenvalue weighted by atomic mass is 9.98. The largest absolute Gasteiger partial charge is 0.481 e. The molecule has 2 aromatic carbocycles. The quantitative estimate of drug-likeness (QED) is 0.586. The Bertz CT molecular complexity index is 999. The number of carbonyl (C=O) groups excluding carboxylic acids is 2. The van der Waals surface area contributed by atoms with Gasteiger partial charge in [0.25, 0.3) is 0 Å². The van der Waals surface area contributed by atoms with Crippen LogP contribution in [0.5, 0.6) is 0 Å². The van der Waals surface area contributed by atoms with E-state index in [0.717, 1.165) is 60.8 Å². The fourth-order valence-corrected chi connectivity index (χ4v) is 5.23. The Labute approximate surface area is 200 Å². The van der Waals surface area contributed by atoms with E-state index in [-0.39, 0.29) is 24.5 Å². The molecule has 0 radical (unpaired) electrons. The summed E-state index contributed by atoms with van der Waals surface area (Å²) in [7, 11) is 1.70. The first-order valence-corrected chi connectivity index (χ1v) is 12.1. The van der Waals surface area contributed by atoms with Gasteiger partial charge in [-0.15, -0.1) is 0 Å². The Hall–Kier alpha value is -3.35. The number of amides is 2. The smallest absolute Gasteiger partial charge is 0.407 e. The van der Waals surface area contributed by atoms with Gasteiger partial charge in [-0.1, -0.05) is 74.2 Å². The van der Waals surface area contributed by atoms with E-state index < -0.39 is 24.5 Å². The van der Waals surface area contributed by atoms with Crippen LogP contribution in [-0.2, 0) is 14.3 Å². The number of ether oxygens (including phenoxy) is 1. The number of benzene rings is 2. The Morgan fingerprint density at radius 3 is 2.09 bits per heavy atom. The van der Waals surface area contributed by atoms with Gasteiger partial charge in [-0.3, -0.25) is 9.59 Å². The molecule has 2 aliphatic carbocycles. The predicted octanol–water partition coefficient (Wildman–Crippen LogP) is 4.55. The lowest BCUT2D eigenvalue weighted by Crippen LogP contribution is -2.51. The monoisotopic (exact) mass is 464 g/mol. The highest BCUT2D eigenvalue weighted by Crippen LogP contribution is 2.44. The van der Waals surface area contributed by atoms with Crippen LogP contribution in [0.25, 0.3) is 11.1 Å². The third-order valence-corrected chi connectivity index (χ3v) is 7.03. The summed E-state index contributed by atoms with van der Waals surface area (Å²) in [6, 6.07) is 15.0. The molecule has 2 aliphatic rings. The molecule has 0 saturated heterocycles. The highest BCUT2D eigenvalue weighted by molar-refractivity contribution is 5.89. The molecule has 1 fully saturated rings. The molecule has 4 rings (SSSR count). The molecule has 0 bridgehead atoms. The highest BCUT2D eigenvalue weighted by atomic mass is 16.5. The molecule has 34 heavy (non-hydrogen) atoms. The Morgan fingerprint density at radius 2 is 1.53 bits per heavy atom. The molecule has 1 unspecified atom stereocenters. The zero-order valence-corrected chi connectivity index (χ0v) is 19.5. The fourth-order valence-electron chi connectivity index (χ4n) is 5.23. The van der Waals surface area contributed by atoms with Crippen molar-refractivity contribution < 1.29 is 24.2 Å². The summed E-state index contributed by atoms with van der Waals surface area (Å²) < 4.78 is 5.53. The van der Waals surface area contributed by atoms with E-state index in [1.54, 1.807) is 11.9 Å². The van der Waals surface area contributed by atoms with Crippen molar-refractivity contribution in [3.05, 3.63) is 59.7 Å². The van der Waals surface area contributed by atoms with Gasteiger partial charge in [0, 0.05) is 19.0 Å². The number of carbonyl (C=O) groups is 3. The van der Waals surface area contributed by atoms with Crippen molar-refractivity contribution >= 4 is 18.0 Å². The first kappa shape index (κ1) is 23.8. The van der Waals surface area contributed by atoms with Gasteiger partial charge < -0.3 is 20.1 Å². The van der Waals surface area contributed by atoms with E-state index in [1.165, 1.54) is 0 Å². The lowest BCUT2D eigenvalue weighted by Gasteiger charge is -2.30. The van der Waals surface area contributed by atoms with E-state index in [4.69, 9.17) is 4.74 Å². The number of carboxylic acid groups (broad SMARTS) is 1. The Morgan fingerprint density at radius 1 is 0.971 bits per heavy atom. The van der Waals surface area contributed by atoms with Crippen molar-refractivity contribution in [3.63, 3.8) is 0 Å². The zero-order valence-electron chi connectivity index (χ0n) is 19.5. The summed E-state index contributed by atoms with van der Waals surface area (Å²) in [6.07, 6.45) is 4.91. The maximum absolute atomic E-state index is 13.1. The molecular weight excluding hydrogens is 432 g/mol. The van der Waals surface area contributed by atoms with Crippen molar-refractivity contribution in [2.45, 2.75) is 62.9 Å². The van der Waals surface area contributed by atoms with Crippen molar-refractivity contribution in [1.82, 2.24) is 10.2 Å². The van der Waals surface area contributed by atoms with Crippen LogP contribution in [0.1, 0.15) is 62.0 Å². The molecule has 2 N–H and O–H groups in total. The van der Waals surface area contributed by atoms with Gasteiger partial charge in [0.15, 0.2) is 0 Å². The van der Waals surface area contributed by atoms with Gasteiger partial charge in [-0.25, -0.2) is 4.79 Å². The van der Waals surface area contributed by atoms with Gasteiger partial charge in [0.2, 0.25) is 5.91 Å². The van der Waals surface area contributed by atoms with Crippen LogP contribution in [0.3, 0.4) is 0 Å². The maximum atomic E-state index is 13.1. The van der Waals surface area contributed by atoms with Crippen molar-refractivity contribution in [1.29, 1.82) is 0 Å². The molecule has 1 atom stereocenters. The molecule has 7 heteroatoms. The summed E-state index contributed by atoms with van der Waals surface area (Å²) in [6.45, 7) is 0.103. The van der Waals surface area contributed by atoms with E-state index in [1.807, 2.05) is 36.4 Å². The average Bonchev–Trinajstić information content (AvgIpc) is 2.97. The molecule has 0 aromatic heterocycles. The number of carboxylic acids is 1. The molecule has 7 nitrogen and oxygen atoms in total. The second-order valence-electron chi connectivity index (χ2n) is 9.21. The molecule has 2 aromatic rings. The van der Waals surface area contributed by atoms with Crippen LogP contribution in [-0.4, -0.2) is 53.7 Å². The average molecular weight is 465 g/mol. The third-order valence-electron chi connectivity index (χ3n) is 7.03. The minimum absolute atomic E-state index is 0.0654. The summed E-state index contributed by atoms with van der Waals surface area (Å²) in [5.41, 5.74) is 4.41. The molecule has 180 valence electrons. The van der Waals surface area contributed by atoms with Crippen LogP contribution in [0.2, 0.25) is 0 Å². The summed E-state index contributed by atoms with van der Waals surface area (Å²) in [5, 5.41) is 11.9. The minimum atomic E-state index is -1.17. The second kappa shape index (κ2) is 10.7. The molecule has 1 saturated carbocycles. The van der Waals surface area contributed by atoms with Gasteiger partial charge >= 0.3 is 12.1 Å². The van der Waals surface area contributed by atoms with E-state index in [9.17, 15) is 19.5 Å².